The zero-order valence-electron chi connectivity index (χ0n) is 4.55. The first-order chi connectivity index (χ1) is 3.39. The van der Waals surface area contributed by atoms with Gasteiger partial charge in [-0.1, -0.05) is 0 Å². The minimum Gasteiger partial charge on any atom is -0.263 e. The molecule has 1 rings (SSSR count). The van der Waals surface area contributed by atoms with Crippen LogP contribution in [0.25, 0.3) is 0 Å². The van der Waals surface area contributed by atoms with Gasteiger partial charge in [-0.25, -0.2) is 0 Å². The molecular formula is C5H10NO+. The minimum absolute atomic E-state index is 0.858. The van der Waals surface area contributed by atoms with Crippen molar-refractivity contribution in [2.75, 3.05) is 26.7 Å². The van der Waals surface area contributed by atoms with Crippen molar-refractivity contribution in [2.24, 2.45) is 0 Å². The first-order valence-electron chi connectivity index (χ1n) is 2.51. The summed E-state index contributed by atoms with van der Waals surface area (Å²) in [5.74, 6) is 0. The van der Waals surface area contributed by atoms with Gasteiger partial charge in [-0.3, -0.25) is 4.90 Å². The van der Waals surface area contributed by atoms with Crippen LogP contribution in [0.5, 0.6) is 0 Å². The molecule has 0 amide bonds. The Hall–Kier alpha value is -0.210. The second-order valence-electron chi connectivity index (χ2n) is 1.80. The third-order valence-electron chi connectivity index (χ3n) is 1.09. The lowest BCUT2D eigenvalue weighted by Gasteiger charge is -2.13. The lowest BCUT2D eigenvalue weighted by Crippen LogP contribution is -2.29. The maximum absolute atomic E-state index is 4.97. The fraction of sp³-hybridized carbons (Fsp3) is 0.800. The summed E-state index contributed by atoms with van der Waals surface area (Å²) < 4.78 is 4.97. The van der Waals surface area contributed by atoms with E-state index in [0.717, 1.165) is 19.7 Å². The zero-order valence-corrected chi connectivity index (χ0v) is 4.55. The van der Waals surface area contributed by atoms with Crippen LogP contribution in [-0.2, 0) is 4.74 Å². The minimum atomic E-state index is 0.858. The number of morpholine rings is 1. The van der Waals surface area contributed by atoms with Gasteiger partial charge in [-0.05, 0) is 7.05 Å². The van der Waals surface area contributed by atoms with E-state index in [9.17, 15) is 0 Å². The number of nitrogens with zero attached hydrogens (tertiary/aromatic N) is 1. The van der Waals surface area contributed by atoms with Crippen LogP contribution in [0.1, 0.15) is 0 Å². The maximum Gasteiger partial charge on any atom is 0.242 e. The standard InChI is InChI=1S/C5H10NO/c1-6-2-4-7-5-3-6/h4H,2-3,5H2,1H3/q+1. The summed E-state index contributed by atoms with van der Waals surface area (Å²) >= 11 is 0. The molecule has 0 radical (unpaired) electrons. The molecule has 0 spiro atoms. The smallest absolute Gasteiger partial charge is 0.242 e. The van der Waals surface area contributed by atoms with Gasteiger partial charge in [-0.2, -0.15) is 4.74 Å². The molecule has 0 aromatic rings. The van der Waals surface area contributed by atoms with E-state index in [-0.39, 0.29) is 0 Å². The average molecular weight is 100 g/mol. The Labute approximate surface area is 44.1 Å². The van der Waals surface area contributed by atoms with E-state index in [4.69, 9.17) is 4.74 Å². The zero-order chi connectivity index (χ0) is 5.11. The van der Waals surface area contributed by atoms with Crippen LogP contribution >= 0.6 is 0 Å². The van der Waals surface area contributed by atoms with Crippen molar-refractivity contribution in [2.45, 2.75) is 0 Å². The molecule has 0 aromatic carbocycles. The van der Waals surface area contributed by atoms with Crippen molar-refractivity contribution in [1.29, 1.82) is 0 Å². The Balaban J connectivity index is 2.12. The number of hydrogen-bond donors (Lipinski definition) is 0. The van der Waals surface area contributed by atoms with E-state index >= 15 is 0 Å². The number of likely N-dealkylation sites (N-methyl/N-ethyl adjacent to an activating group) is 1. The highest BCUT2D eigenvalue weighted by molar-refractivity contribution is 4.63. The quantitative estimate of drug-likeness (QED) is 0.401. The van der Waals surface area contributed by atoms with Crippen LogP contribution in [0, 0.1) is 6.61 Å². The van der Waals surface area contributed by atoms with E-state index in [0.29, 0.717) is 0 Å². The van der Waals surface area contributed by atoms with Crippen molar-refractivity contribution >= 4 is 0 Å². The van der Waals surface area contributed by atoms with E-state index in [1.165, 1.54) is 0 Å². The number of rotatable bonds is 0. The van der Waals surface area contributed by atoms with Crippen molar-refractivity contribution < 1.29 is 4.74 Å². The molecule has 0 unspecified atom stereocenters. The molecule has 2 nitrogen and oxygen atoms in total. The van der Waals surface area contributed by atoms with E-state index in [2.05, 4.69) is 11.9 Å². The number of ether oxygens (including phenoxy) is 1. The highest BCUT2D eigenvalue weighted by Crippen LogP contribution is 1.94. The summed E-state index contributed by atoms with van der Waals surface area (Å²) in [4.78, 5) is 2.21. The monoisotopic (exact) mass is 100 g/mol. The summed E-state index contributed by atoms with van der Waals surface area (Å²) in [5.41, 5.74) is 0. The van der Waals surface area contributed by atoms with E-state index < -0.39 is 0 Å². The van der Waals surface area contributed by atoms with Gasteiger partial charge in [-0.15, -0.1) is 0 Å². The Bertz CT molecular complexity index is 50.0. The van der Waals surface area contributed by atoms with Gasteiger partial charge in [0.15, 0.2) is 6.54 Å². The van der Waals surface area contributed by atoms with Crippen molar-refractivity contribution in [3.8, 4) is 0 Å². The third kappa shape index (κ3) is 1.37. The summed E-state index contributed by atoms with van der Waals surface area (Å²) in [5, 5.41) is 0. The second kappa shape index (κ2) is 2.19. The van der Waals surface area contributed by atoms with Gasteiger partial charge in [0.2, 0.25) is 6.61 Å². The highest BCUT2D eigenvalue weighted by Gasteiger charge is 2.11. The Morgan fingerprint density at radius 1 is 1.71 bits per heavy atom. The number of hydrogen-bond acceptors (Lipinski definition) is 2. The molecule has 0 aliphatic carbocycles. The molecule has 0 atom stereocenters. The molecule has 1 aliphatic heterocycles. The molecular weight excluding hydrogens is 90.1 g/mol. The van der Waals surface area contributed by atoms with Crippen LogP contribution < -0.4 is 0 Å². The fourth-order valence-electron chi connectivity index (χ4n) is 0.563. The molecule has 1 fully saturated rings. The first kappa shape index (κ1) is 4.94. The molecule has 1 saturated heterocycles. The van der Waals surface area contributed by atoms with Gasteiger partial charge in [0.25, 0.3) is 0 Å². The van der Waals surface area contributed by atoms with Gasteiger partial charge >= 0.3 is 0 Å². The van der Waals surface area contributed by atoms with Crippen LogP contribution in [0.15, 0.2) is 0 Å². The first-order valence-corrected chi connectivity index (χ1v) is 2.51. The lowest BCUT2D eigenvalue weighted by atomic mass is 10.5. The fourth-order valence-corrected chi connectivity index (χ4v) is 0.563. The average Bonchev–Trinajstić information content (AvgIpc) is 1.69. The summed E-state index contributed by atoms with van der Waals surface area (Å²) in [6.45, 7) is 4.73. The van der Waals surface area contributed by atoms with Crippen LogP contribution in [0.3, 0.4) is 0 Å². The summed E-state index contributed by atoms with van der Waals surface area (Å²) in [7, 11) is 2.08. The van der Waals surface area contributed by atoms with Crippen LogP contribution in [-0.4, -0.2) is 31.6 Å². The Kier molecular flexibility index (Phi) is 1.54. The molecule has 0 N–H and O–H groups in total. The molecule has 0 saturated carbocycles. The van der Waals surface area contributed by atoms with Crippen LogP contribution in [0.2, 0.25) is 0 Å². The van der Waals surface area contributed by atoms with Gasteiger partial charge in [0, 0.05) is 6.54 Å². The van der Waals surface area contributed by atoms with Gasteiger partial charge in [0.05, 0.1) is 0 Å². The van der Waals surface area contributed by atoms with Gasteiger partial charge in [0.1, 0.15) is 6.61 Å². The highest BCUT2D eigenvalue weighted by atomic mass is 16.5. The Morgan fingerprint density at radius 2 is 2.57 bits per heavy atom. The van der Waals surface area contributed by atoms with Crippen molar-refractivity contribution in [3.63, 3.8) is 0 Å². The summed E-state index contributed by atoms with van der Waals surface area (Å²) in [6, 6.07) is 0. The second-order valence-corrected chi connectivity index (χ2v) is 1.80. The van der Waals surface area contributed by atoms with Crippen molar-refractivity contribution in [3.05, 3.63) is 6.61 Å². The topological polar surface area (TPSA) is 12.5 Å². The van der Waals surface area contributed by atoms with E-state index in [1.54, 1.807) is 0 Å². The summed E-state index contributed by atoms with van der Waals surface area (Å²) in [6.07, 6.45) is 0. The lowest BCUT2D eigenvalue weighted by molar-refractivity contribution is 0.101. The molecule has 0 aromatic heterocycles. The van der Waals surface area contributed by atoms with Crippen LogP contribution in [0.4, 0.5) is 0 Å². The SMILES string of the molecule is CN1C[CH+]OCC1. The molecule has 2 heteroatoms. The predicted octanol–water partition coefficient (Wildman–Crippen LogP) is 0.110. The van der Waals surface area contributed by atoms with Gasteiger partial charge < -0.3 is 0 Å². The van der Waals surface area contributed by atoms with Crippen molar-refractivity contribution in [1.82, 2.24) is 4.90 Å². The largest absolute Gasteiger partial charge is 0.263 e. The molecule has 1 heterocycles. The Morgan fingerprint density at radius 3 is 2.86 bits per heavy atom. The molecule has 0 bridgehead atoms. The molecule has 7 heavy (non-hydrogen) atoms. The third-order valence-corrected chi connectivity index (χ3v) is 1.09. The predicted molar refractivity (Wildman–Crippen MR) is 27.7 cm³/mol. The molecule has 40 valence electrons. The maximum atomic E-state index is 4.97. The molecule has 1 aliphatic rings. The normalized spacial score (nSPS) is 24.1. The van der Waals surface area contributed by atoms with E-state index in [1.807, 2.05) is 6.61 Å².